The quantitative estimate of drug-likeness (QED) is 0.524. The van der Waals surface area contributed by atoms with Crippen LogP contribution in [0.2, 0.25) is 0 Å². The molecule has 1 saturated heterocycles. The molecule has 0 radical (unpaired) electrons. The Labute approximate surface area is 189 Å². The fraction of sp³-hybridized carbons (Fsp3) is 0.333. The zero-order valence-electron chi connectivity index (χ0n) is 16.4. The zero-order chi connectivity index (χ0) is 21.9. The van der Waals surface area contributed by atoms with Crippen LogP contribution in [0.25, 0.3) is 0 Å². The standard InChI is InChI=1S/C21H23IN2O5S/c1-14(15-9-11-16(22)12-10-15)19(21(26)27)23-20(25)18-8-5-13-24(18)30(28,29)17-6-3-2-4-7-17/h2-4,6-7,9-12,14,18-19H,5,8,13H2,1H3,(H,23,25)(H,26,27)/t14-,18?,19+/m1/s1. The van der Waals surface area contributed by atoms with Crippen molar-refractivity contribution in [2.75, 3.05) is 6.54 Å². The van der Waals surface area contributed by atoms with Gasteiger partial charge in [-0.15, -0.1) is 0 Å². The lowest BCUT2D eigenvalue weighted by Crippen LogP contribution is -2.52. The van der Waals surface area contributed by atoms with Crippen LogP contribution in [0.15, 0.2) is 59.5 Å². The zero-order valence-corrected chi connectivity index (χ0v) is 19.3. The van der Waals surface area contributed by atoms with E-state index in [9.17, 15) is 23.1 Å². The van der Waals surface area contributed by atoms with E-state index in [1.807, 2.05) is 24.3 Å². The largest absolute Gasteiger partial charge is 0.480 e. The second-order valence-corrected chi connectivity index (χ2v) is 10.4. The van der Waals surface area contributed by atoms with Gasteiger partial charge in [0.2, 0.25) is 15.9 Å². The number of hydrogen-bond acceptors (Lipinski definition) is 4. The van der Waals surface area contributed by atoms with Gasteiger partial charge in [0.05, 0.1) is 4.90 Å². The first-order valence-electron chi connectivity index (χ1n) is 9.57. The van der Waals surface area contributed by atoms with Crippen molar-refractivity contribution in [2.45, 2.75) is 42.7 Å². The summed E-state index contributed by atoms with van der Waals surface area (Å²) in [6.07, 6.45) is 0.886. The van der Waals surface area contributed by atoms with Gasteiger partial charge in [-0.1, -0.05) is 37.3 Å². The number of carboxylic acid groups (broad SMARTS) is 1. The summed E-state index contributed by atoms with van der Waals surface area (Å²) in [7, 11) is -3.84. The number of benzene rings is 2. The molecule has 9 heteroatoms. The number of carbonyl (C=O) groups is 2. The van der Waals surface area contributed by atoms with Gasteiger partial charge < -0.3 is 10.4 Å². The van der Waals surface area contributed by atoms with Crippen LogP contribution in [-0.4, -0.2) is 48.3 Å². The Bertz CT molecular complexity index is 1010. The summed E-state index contributed by atoms with van der Waals surface area (Å²) >= 11 is 2.16. The summed E-state index contributed by atoms with van der Waals surface area (Å²) in [5, 5.41) is 12.3. The fourth-order valence-corrected chi connectivity index (χ4v) is 5.66. The van der Waals surface area contributed by atoms with E-state index in [1.165, 1.54) is 16.4 Å². The molecular formula is C21H23IN2O5S. The van der Waals surface area contributed by atoms with E-state index in [2.05, 4.69) is 27.9 Å². The first-order chi connectivity index (χ1) is 14.2. The van der Waals surface area contributed by atoms with E-state index in [4.69, 9.17) is 0 Å². The lowest BCUT2D eigenvalue weighted by molar-refractivity contribution is -0.142. The average Bonchev–Trinajstić information content (AvgIpc) is 3.23. The molecular weight excluding hydrogens is 519 g/mol. The van der Waals surface area contributed by atoms with Crippen molar-refractivity contribution in [2.24, 2.45) is 0 Å². The van der Waals surface area contributed by atoms with Crippen molar-refractivity contribution in [3.05, 3.63) is 63.7 Å². The van der Waals surface area contributed by atoms with Crippen LogP contribution in [0.1, 0.15) is 31.2 Å². The molecule has 2 aromatic carbocycles. The van der Waals surface area contributed by atoms with Gasteiger partial charge in [-0.2, -0.15) is 4.31 Å². The Morgan fingerprint density at radius 1 is 1.13 bits per heavy atom. The van der Waals surface area contributed by atoms with E-state index in [-0.39, 0.29) is 11.4 Å². The van der Waals surface area contributed by atoms with Crippen molar-refractivity contribution >= 4 is 44.5 Å². The molecule has 0 aromatic heterocycles. The number of carboxylic acids is 1. The van der Waals surface area contributed by atoms with Crippen molar-refractivity contribution in [3.63, 3.8) is 0 Å². The molecule has 0 bridgehead atoms. The smallest absolute Gasteiger partial charge is 0.326 e. The van der Waals surface area contributed by atoms with Crippen LogP contribution in [0.5, 0.6) is 0 Å². The van der Waals surface area contributed by atoms with Gasteiger partial charge in [0.1, 0.15) is 12.1 Å². The fourth-order valence-electron chi connectivity index (χ4n) is 3.63. The Morgan fingerprint density at radius 3 is 2.37 bits per heavy atom. The van der Waals surface area contributed by atoms with E-state index >= 15 is 0 Å². The van der Waals surface area contributed by atoms with Crippen molar-refractivity contribution < 1.29 is 23.1 Å². The monoisotopic (exact) mass is 542 g/mol. The van der Waals surface area contributed by atoms with Crippen molar-refractivity contribution in [1.29, 1.82) is 0 Å². The molecule has 1 fully saturated rings. The number of rotatable bonds is 7. The van der Waals surface area contributed by atoms with Crippen LogP contribution >= 0.6 is 22.6 Å². The van der Waals surface area contributed by atoms with Gasteiger partial charge in [0.25, 0.3) is 0 Å². The van der Waals surface area contributed by atoms with Crippen LogP contribution in [0, 0.1) is 3.57 Å². The Balaban J connectivity index is 1.80. The average molecular weight is 542 g/mol. The number of hydrogen-bond donors (Lipinski definition) is 2. The second-order valence-electron chi connectivity index (χ2n) is 7.25. The van der Waals surface area contributed by atoms with Gasteiger partial charge in [-0.3, -0.25) is 4.79 Å². The molecule has 1 unspecified atom stereocenters. The molecule has 0 aliphatic carbocycles. The molecule has 160 valence electrons. The molecule has 2 aromatic rings. The van der Waals surface area contributed by atoms with Crippen LogP contribution in [0.3, 0.4) is 0 Å². The number of sulfonamides is 1. The first kappa shape index (κ1) is 22.7. The highest BCUT2D eigenvalue weighted by Crippen LogP contribution is 2.27. The third kappa shape index (κ3) is 4.84. The van der Waals surface area contributed by atoms with E-state index < -0.39 is 39.9 Å². The van der Waals surface area contributed by atoms with E-state index in [0.29, 0.717) is 12.8 Å². The lowest BCUT2D eigenvalue weighted by Gasteiger charge is -2.27. The number of halogens is 1. The summed E-state index contributed by atoms with van der Waals surface area (Å²) < 4.78 is 28.2. The van der Waals surface area contributed by atoms with Crippen LogP contribution in [-0.2, 0) is 19.6 Å². The summed E-state index contributed by atoms with van der Waals surface area (Å²) in [5.74, 6) is -2.23. The predicted molar refractivity (Wildman–Crippen MR) is 120 cm³/mol. The summed E-state index contributed by atoms with van der Waals surface area (Å²) in [4.78, 5) is 25.0. The minimum atomic E-state index is -3.84. The second kappa shape index (κ2) is 9.44. The molecule has 1 amide bonds. The summed E-state index contributed by atoms with van der Waals surface area (Å²) in [6.45, 7) is 1.95. The Hall–Kier alpha value is -1.98. The molecule has 1 aliphatic rings. The number of amides is 1. The minimum absolute atomic E-state index is 0.117. The molecule has 0 saturated carbocycles. The molecule has 1 heterocycles. The topological polar surface area (TPSA) is 104 Å². The molecule has 30 heavy (non-hydrogen) atoms. The molecule has 3 atom stereocenters. The minimum Gasteiger partial charge on any atom is -0.480 e. The van der Waals surface area contributed by atoms with Crippen LogP contribution in [0.4, 0.5) is 0 Å². The molecule has 3 rings (SSSR count). The normalized spacial score (nSPS) is 19.2. The number of carbonyl (C=O) groups excluding carboxylic acids is 1. The van der Waals surface area contributed by atoms with Crippen LogP contribution < -0.4 is 5.32 Å². The van der Waals surface area contributed by atoms with Gasteiger partial charge in [-0.05, 0) is 65.3 Å². The summed E-state index contributed by atoms with van der Waals surface area (Å²) in [5.41, 5.74) is 0.781. The maximum atomic E-state index is 13.0. The van der Waals surface area contributed by atoms with E-state index in [0.717, 1.165) is 9.13 Å². The Kier molecular flexibility index (Phi) is 7.14. The lowest BCUT2D eigenvalue weighted by atomic mass is 9.93. The molecule has 0 spiro atoms. The van der Waals surface area contributed by atoms with Gasteiger partial charge in [-0.25, -0.2) is 13.2 Å². The highest BCUT2D eigenvalue weighted by atomic mass is 127. The van der Waals surface area contributed by atoms with Gasteiger partial charge >= 0.3 is 5.97 Å². The van der Waals surface area contributed by atoms with Crippen molar-refractivity contribution in [3.8, 4) is 0 Å². The van der Waals surface area contributed by atoms with Gasteiger partial charge in [0.15, 0.2) is 0 Å². The summed E-state index contributed by atoms with van der Waals surface area (Å²) in [6, 6.07) is 13.3. The van der Waals surface area contributed by atoms with Crippen molar-refractivity contribution in [1.82, 2.24) is 9.62 Å². The highest BCUT2D eigenvalue weighted by molar-refractivity contribution is 14.1. The van der Waals surface area contributed by atoms with E-state index in [1.54, 1.807) is 25.1 Å². The number of aliphatic carboxylic acids is 1. The van der Waals surface area contributed by atoms with Gasteiger partial charge in [0, 0.05) is 16.0 Å². The maximum absolute atomic E-state index is 13.0. The third-order valence-corrected chi connectivity index (χ3v) is 7.96. The molecule has 2 N–H and O–H groups in total. The highest BCUT2D eigenvalue weighted by Gasteiger charge is 2.41. The maximum Gasteiger partial charge on any atom is 0.326 e. The Morgan fingerprint density at radius 2 is 1.77 bits per heavy atom. The number of nitrogens with zero attached hydrogens (tertiary/aromatic N) is 1. The first-order valence-corrected chi connectivity index (χ1v) is 12.1. The molecule has 7 nitrogen and oxygen atoms in total. The predicted octanol–water partition coefficient (Wildman–Crippen LogP) is 2.82. The SMILES string of the molecule is C[C@H](c1ccc(I)cc1)[C@H](NC(=O)C1CCCN1S(=O)(=O)c1ccccc1)C(=O)O. The molecule has 1 aliphatic heterocycles. The number of nitrogens with one attached hydrogen (secondary N) is 1. The third-order valence-electron chi connectivity index (χ3n) is 5.32.